The molecule has 6 nitrogen and oxygen atoms in total. The molecule has 29 heavy (non-hydrogen) atoms. The fourth-order valence-electron chi connectivity index (χ4n) is 2.63. The SMILES string of the molecule is CC(C)Cc1nnc(C(=O)Nc2cccc(C(=O)NCc3cccc(F)c3)c2)s1. The van der Waals surface area contributed by atoms with Gasteiger partial charge in [-0.3, -0.25) is 9.59 Å². The normalized spacial score (nSPS) is 10.8. The van der Waals surface area contributed by atoms with Crippen molar-refractivity contribution in [3.8, 4) is 0 Å². The van der Waals surface area contributed by atoms with E-state index in [0.29, 0.717) is 22.7 Å². The summed E-state index contributed by atoms with van der Waals surface area (Å²) in [6, 6.07) is 12.6. The Labute approximate surface area is 172 Å². The molecule has 0 aliphatic rings. The maximum atomic E-state index is 13.2. The molecular formula is C21H21FN4O2S. The third-order valence-corrected chi connectivity index (χ3v) is 4.91. The number of hydrogen-bond acceptors (Lipinski definition) is 5. The van der Waals surface area contributed by atoms with E-state index in [1.165, 1.54) is 23.5 Å². The number of anilines is 1. The van der Waals surface area contributed by atoms with Gasteiger partial charge < -0.3 is 10.6 Å². The van der Waals surface area contributed by atoms with Crippen LogP contribution in [0.1, 0.15) is 44.6 Å². The van der Waals surface area contributed by atoms with Crippen LogP contribution in [0.5, 0.6) is 0 Å². The molecule has 150 valence electrons. The van der Waals surface area contributed by atoms with E-state index in [-0.39, 0.29) is 29.2 Å². The van der Waals surface area contributed by atoms with Crippen molar-refractivity contribution in [2.75, 3.05) is 5.32 Å². The lowest BCUT2D eigenvalue weighted by Gasteiger charge is -2.08. The van der Waals surface area contributed by atoms with Gasteiger partial charge in [-0.2, -0.15) is 0 Å². The number of carbonyl (C=O) groups excluding carboxylic acids is 2. The summed E-state index contributed by atoms with van der Waals surface area (Å²) in [4.78, 5) is 24.8. The summed E-state index contributed by atoms with van der Waals surface area (Å²) in [7, 11) is 0. The zero-order valence-electron chi connectivity index (χ0n) is 16.1. The molecule has 0 saturated carbocycles. The Morgan fingerprint density at radius 3 is 2.62 bits per heavy atom. The first-order valence-electron chi connectivity index (χ1n) is 9.17. The molecule has 1 heterocycles. The monoisotopic (exact) mass is 412 g/mol. The predicted molar refractivity (Wildman–Crippen MR) is 110 cm³/mol. The van der Waals surface area contributed by atoms with Crippen molar-refractivity contribution in [3.05, 3.63) is 75.5 Å². The van der Waals surface area contributed by atoms with Gasteiger partial charge in [0.25, 0.3) is 11.8 Å². The summed E-state index contributed by atoms with van der Waals surface area (Å²) in [5, 5.41) is 14.6. The highest BCUT2D eigenvalue weighted by Crippen LogP contribution is 2.17. The number of nitrogens with zero attached hydrogens (tertiary/aromatic N) is 2. The predicted octanol–water partition coefficient (Wildman–Crippen LogP) is 4.06. The molecule has 3 aromatic rings. The molecule has 0 unspecified atom stereocenters. The van der Waals surface area contributed by atoms with Crippen LogP contribution in [-0.4, -0.2) is 22.0 Å². The summed E-state index contributed by atoms with van der Waals surface area (Å²) in [5.41, 5.74) is 1.53. The van der Waals surface area contributed by atoms with Gasteiger partial charge in [0.05, 0.1) is 0 Å². The molecule has 0 atom stereocenters. The lowest BCUT2D eigenvalue weighted by atomic mass is 10.1. The van der Waals surface area contributed by atoms with Crippen molar-refractivity contribution < 1.29 is 14.0 Å². The van der Waals surface area contributed by atoms with Crippen molar-refractivity contribution in [2.24, 2.45) is 5.92 Å². The van der Waals surface area contributed by atoms with E-state index in [1.54, 1.807) is 36.4 Å². The Morgan fingerprint density at radius 1 is 1.07 bits per heavy atom. The minimum Gasteiger partial charge on any atom is -0.348 e. The van der Waals surface area contributed by atoms with E-state index in [0.717, 1.165) is 11.4 Å². The standard InChI is InChI=1S/C21H21FN4O2S/c1-13(2)9-18-25-26-21(29-18)20(28)24-17-8-4-6-15(11-17)19(27)23-12-14-5-3-7-16(22)10-14/h3-8,10-11,13H,9,12H2,1-2H3,(H,23,27)(H,24,28). The number of carbonyl (C=O) groups is 2. The minimum absolute atomic E-state index is 0.205. The molecule has 0 radical (unpaired) electrons. The highest BCUT2D eigenvalue weighted by atomic mass is 32.1. The topological polar surface area (TPSA) is 84.0 Å². The Kier molecular flexibility index (Phi) is 6.66. The molecule has 8 heteroatoms. The summed E-state index contributed by atoms with van der Waals surface area (Å²) < 4.78 is 13.2. The molecule has 0 aliphatic heterocycles. The molecule has 0 bridgehead atoms. The number of amides is 2. The van der Waals surface area contributed by atoms with Crippen molar-refractivity contribution in [3.63, 3.8) is 0 Å². The molecule has 0 aliphatic carbocycles. The third-order valence-electron chi connectivity index (χ3n) is 3.97. The van der Waals surface area contributed by atoms with Gasteiger partial charge in [0.1, 0.15) is 10.8 Å². The van der Waals surface area contributed by atoms with Crippen LogP contribution < -0.4 is 10.6 Å². The van der Waals surface area contributed by atoms with E-state index in [2.05, 4.69) is 34.7 Å². The Bertz CT molecular complexity index is 1020. The highest BCUT2D eigenvalue weighted by Gasteiger charge is 2.15. The number of nitrogens with one attached hydrogen (secondary N) is 2. The van der Waals surface area contributed by atoms with Crippen molar-refractivity contribution in [1.29, 1.82) is 0 Å². The van der Waals surface area contributed by atoms with Gasteiger partial charge in [-0.1, -0.05) is 43.4 Å². The fourth-order valence-corrected chi connectivity index (χ4v) is 3.58. The van der Waals surface area contributed by atoms with Gasteiger partial charge >= 0.3 is 0 Å². The first-order chi connectivity index (χ1) is 13.9. The van der Waals surface area contributed by atoms with Crippen LogP contribution in [0, 0.1) is 11.7 Å². The second-order valence-electron chi connectivity index (χ2n) is 6.95. The molecule has 0 spiro atoms. The summed E-state index contributed by atoms with van der Waals surface area (Å²) in [5.74, 6) is -0.605. The van der Waals surface area contributed by atoms with Gasteiger partial charge in [0.2, 0.25) is 5.01 Å². The van der Waals surface area contributed by atoms with Crippen LogP contribution in [-0.2, 0) is 13.0 Å². The van der Waals surface area contributed by atoms with Crippen LogP contribution in [0.2, 0.25) is 0 Å². The van der Waals surface area contributed by atoms with Crippen LogP contribution in [0.15, 0.2) is 48.5 Å². The zero-order chi connectivity index (χ0) is 20.8. The van der Waals surface area contributed by atoms with Crippen molar-refractivity contribution >= 4 is 28.8 Å². The van der Waals surface area contributed by atoms with Crippen LogP contribution in [0.25, 0.3) is 0 Å². The van der Waals surface area contributed by atoms with Gasteiger partial charge in [-0.25, -0.2) is 4.39 Å². The summed E-state index contributed by atoms with van der Waals surface area (Å²) in [6.07, 6.45) is 0.770. The molecular weight excluding hydrogens is 391 g/mol. The number of rotatable bonds is 7. The highest BCUT2D eigenvalue weighted by molar-refractivity contribution is 7.13. The second kappa shape index (κ2) is 9.38. The quantitative estimate of drug-likeness (QED) is 0.613. The lowest BCUT2D eigenvalue weighted by molar-refractivity contribution is 0.0949. The van der Waals surface area contributed by atoms with Crippen LogP contribution in [0.3, 0.4) is 0 Å². The van der Waals surface area contributed by atoms with Gasteiger partial charge in [0.15, 0.2) is 0 Å². The van der Waals surface area contributed by atoms with E-state index in [1.807, 2.05) is 0 Å². The van der Waals surface area contributed by atoms with Crippen molar-refractivity contribution in [1.82, 2.24) is 15.5 Å². The van der Waals surface area contributed by atoms with E-state index < -0.39 is 0 Å². The summed E-state index contributed by atoms with van der Waals surface area (Å²) >= 11 is 1.26. The van der Waals surface area contributed by atoms with Gasteiger partial charge in [-0.05, 0) is 41.8 Å². The number of aromatic nitrogens is 2. The van der Waals surface area contributed by atoms with E-state index in [9.17, 15) is 14.0 Å². The molecule has 3 rings (SSSR count). The number of benzene rings is 2. The molecule has 1 aromatic heterocycles. The molecule has 0 fully saturated rings. The molecule has 2 N–H and O–H groups in total. The van der Waals surface area contributed by atoms with E-state index in [4.69, 9.17) is 0 Å². The molecule has 2 aromatic carbocycles. The van der Waals surface area contributed by atoms with Gasteiger partial charge in [0, 0.05) is 24.2 Å². The molecule has 2 amide bonds. The second-order valence-corrected chi connectivity index (χ2v) is 8.01. The molecule has 0 saturated heterocycles. The van der Waals surface area contributed by atoms with Crippen LogP contribution >= 0.6 is 11.3 Å². The minimum atomic E-state index is -0.366. The summed E-state index contributed by atoms with van der Waals surface area (Å²) in [6.45, 7) is 4.36. The largest absolute Gasteiger partial charge is 0.348 e. The lowest BCUT2D eigenvalue weighted by Crippen LogP contribution is -2.23. The maximum absolute atomic E-state index is 13.2. The fraction of sp³-hybridized carbons (Fsp3) is 0.238. The Balaban J connectivity index is 1.62. The number of hydrogen-bond donors (Lipinski definition) is 2. The van der Waals surface area contributed by atoms with Gasteiger partial charge in [-0.15, -0.1) is 10.2 Å². The number of halogens is 1. The van der Waals surface area contributed by atoms with Crippen LogP contribution in [0.4, 0.5) is 10.1 Å². The smallest absolute Gasteiger partial charge is 0.286 e. The maximum Gasteiger partial charge on any atom is 0.286 e. The zero-order valence-corrected chi connectivity index (χ0v) is 16.9. The van der Waals surface area contributed by atoms with E-state index >= 15 is 0 Å². The Hall–Kier alpha value is -3.13. The average Bonchev–Trinajstić information content (AvgIpc) is 3.14. The first-order valence-corrected chi connectivity index (χ1v) is 9.99. The third kappa shape index (κ3) is 5.92. The average molecular weight is 412 g/mol. The first kappa shape index (κ1) is 20.6. The Morgan fingerprint density at radius 2 is 1.86 bits per heavy atom. The van der Waals surface area contributed by atoms with Crippen molar-refractivity contribution in [2.45, 2.75) is 26.8 Å².